The number of para-hydroxylation sites is 2. The molecule has 0 saturated heterocycles. The minimum Gasteiger partial charge on any atom is -0.456 e. The van der Waals surface area contributed by atoms with Crippen molar-refractivity contribution in [2.75, 3.05) is 4.90 Å². The first-order chi connectivity index (χ1) is 28.7. The van der Waals surface area contributed by atoms with Crippen LogP contribution in [-0.2, 0) is 5.41 Å². The molecule has 2 nitrogen and oxygen atoms in total. The molecule has 3 heteroatoms. The van der Waals surface area contributed by atoms with Crippen LogP contribution in [0.1, 0.15) is 22.3 Å². The third kappa shape index (κ3) is 4.90. The molecule has 58 heavy (non-hydrogen) atoms. The molecule has 2 heterocycles. The largest absolute Gasteiger partial charge is 0.456 e. The van der Waals surface area contributed by atoms with Gasteiger partial charge in [0.05, 0.1) is 5.41 Å². The topological polar surface area (TPSA) is 16.4 Å². The molecule has 0 radical (unpaired) electrons. The van der Waals surface area contributed by atoms with E-state index in [1.165, 1.54) is 64.7 Å². The number of rotatable bonds is 6. The fourth-order valence-electron chi connectivity index (χ4n) is 9.58. The summed E-state index contributed by atoms with van der Waals surface area (Å²) in [5.74, 6) is 0. The van der Waals surface area contributed by atoms with Crippen LogP contribution in [0.5, 0.6) is 0 Å². The Bertz CT molecular complexity index is 3300. The molecular formula is C55H35NOS. The fraction of sp³-hybridized carbons (Fsp3) is 0.0182. The highest BCUT2D eigenvalue weighted by atomic mass is 32.1. The van der Waals surface area contributed by atoms with E-state index in [4.69, 9.17) is 4.42 Å². The monoisotopic (exact) mass is 757 g/mol. The van der Waals surface area contributed by atoms with E-state index in [0.717, 1.165) is 39.0 Å². The van der Waals surface area contributed by atoms with Gasteiger partial charge in [-0.1, -0.05) is 140 Å². The van der Waals surface area contributed by atoms with Crippen molar-refractivity contribution < 1.29 is 4.42 Å². The molecule has 0 bridgehead atoms. The Labute approximate surface area is 340 Å². The Morgan fingerprint density at radius 1 is 0.362 bits per heavy atom. The van der Waals surface area contributed by atoms with E-state index in [9.17, 15) is 0 Å². The maximum absolute atomic E-state index is 6.32. The molecule has 1 aliphatic carbocycles. The van der Waals surface area contributed by atoms with Gasteiger partial charge in [-0.3, -0.25) is 0 Å². The van der Waals surface area contributed by atoms with E-state index in [2.05, 4.69) is 205 Å². The van der Waals surface area contributed by atoms with Gasteiger partial charge in [0.15, 0.2) is 0 Å². The van der Waals surface area contributed by atoms with Crippen molar-refractivity contribution in [2.24, 2.45) is 0 Å². The number of hydrogen-bond donors (Lipinski definition) is 0. The number of anilines is 3. The Balaban J connectivity index is 0.970. The molecule has 0 saturated carbocycles. The van der Waals surface area contributed by atoms with Gasteiger partial charge >= 0.3 is 0 Å². The second-order valence-electron chi connectivity index (χ2n) is 15.2. The van der Waals surface area contributed by atoms with Crippen LogP contribution in [0, 0.1) is 0 Å². The minimum atomic E-state index is -0.427. The summed E-state index contributed by atoms with van der Waals surface area (Å²) in [6.45, 7) is 0. The van der Waals surface area contributed by atoms with Gasteiger partial charge in [-0.25, -0.2) is 0 Å². The molecule has 11 aromatic rings. The van der Waals surface area contributed by atoms with Crippen molar-refractivity contribution in [3.63, 3.8) is 0 Å². The smallest absolute Gasteiger partial charge is 0.137 e. The quantitative estimate of drug-likeness (QED) is 0.168. The fourth-order valence-corrected chi connectivity index (χ4v) is 10.6. The van der Waals surface area contributed by atoms with Crippen molar-refractivity contribution in [3.05, 3.63) is 235 Å². The second kappa shape index (κ2) is 12.9. The summed E-state index contributed by atoms with van der Waals surface area (Å²) < 4.78 is 8.92. The normalized spacial score (nSPS) is 13.0. The lowest BCUT2D eigenvalue weighted by Gasteiger charge is -2.34. The zero-order valence-corrected chi connectivity index (χ0v) is 32.3. The number of benzene rings is 9. The van der Waals surface area contributed by atoms with Crippen LogP contribution in [-0.4, -0.2) is 0 Å². The van der Waals surface area contributed by atoms with Crippen LogP contribution in [0.4, 0.5) is 17.1 Å². The van der Waals surface area contributed by atoms with E-state index < -0.39 is 5.41 Å². The average molecular weight is 758 g/mol. The summed E-state index contributed by atoms with van der Waals surface area (Å²) in [4.78, 5) is 2.30. The van der Waals surface area contributed by atoms with Crippen LogP contribution < -0.4 is 4.90 Å². The van der Waals surface area contributed by atoms with Gasteiger partial charge in [0, 0.05) is 54.1 Å². The zero-order chi connectivity index (χ0) is 38.2. The van der Waals surface area contributed by atoms with Crippen LogP contribution in [0.3, 0.4) is 0 Å². The lowest BCUT2D eigenvalue weighted by Crippen LogP contribution is -2.28. The third-order valence-corrected chi connectivity index (χ3v) is 13.3. The van der Waals surface area contributed by atoms with Crippen molar-refractivity contribution in [2.45, 2.75) is 5.41 Å². The first kappa shape index (κ1) is 33.0. The number of thiophene rings is 1. The molecule has 9 aromatic carbocycles. The van der Waals surface area contributed by atoms with Gasteiger partial charge in [0.1, 0.15) is 11.2 Å². The van der Waals surface area contributed by atoms with Gasteiger partial charge in [-0.05, 0) is 111 Å². The highest BCUT2D eigenvalue weighted by Crippen LogP contribution is 2.56. The van der Waals surface area contributed by atoms with Crippen molar-refractivity contribution in [3.8, 4) is 22.3 Å². The molecule has 0 atom stereocenters. The van der Waals surface area contributed by atoms with Crippen LogP contribution in [0.25, 0.3) is 64.4 Å². The van der Waals surface area contributed by atoms with Crippen molar-refractivity contribution in [1.29, 1.82) is 0 Å². The molecule has 0 aliphatic heterocycles. The van der Waals surface area contributed by atoms with E-state index in [0.29, 0.717) is 0 Å². The Morgan fingerprint density at radius 3 is 1.69 bits per heavy atom. The van der Waals surface area contributed by atoms with Crippen LogP contribution in [0.2, 0.25) is 0 Å². The standard InChI is InChI=1S/C55H35NOS/c1-3-13-38(14-4-1)55(49-20-10-7-17-43(49)44-18-8-11-21-50(44)55)39-26-32-54-48(34-39)47-33-37(25-31-53(47)58-54)36-23-27-41(28-24-36)56(40-15-5-2-6-16-40)42-29-30-46-45-19-9-12-22-51(45)57-52(46)35-42/h1-35H. The van der Waals surface area contributed by atoms with E-state index in [1.807, 2.05) is 23.5 Å². The third-order valence-electron chi connectivity index (χ3n) is 12.2. The lowest BCUT2D eigenvalue weighted by atomic mass is 9.67. The SMILES string of the molecule is c1ccc(N(c2ccc(-c3ccc4sc5ccc(C6(c7ccccc7)c7ccccc7-c7ccccc76)cc5c4c3)cc2)c2ccc3c(c2)oc2ccccc23)cc1. The van der Waals surface area contributed by atoms with E-state index in [-0.39, 0.29) is 0 Å². The van der Waals surface area contributed by atoms with Gasteiger partial charge < -0.3 is 9.32 Å². The molecule has 0 unspecified atom stereocenters. The Morgan fingerprint density at radius 2 is 0.931 bits per heavy atom. The molecule has 0 N–H and O–H groups in total. The number of nitrogens with zero attached hydrogens (tertiary/aromatic N) is 1. The number of hydrogen-bond acceptors (Lipinski definition) is 3. The van der Waals surface area contributed by atoms with E-state index >= 15 is 0 Å². The second-order valence-corrected chi connectivity index (χ2v) is 16.3. The van der Waals surface area contributed by atoms with Crippen LogP contribution in [0.15, 0.2) is 217 Å². The zero-order valence-electron chi connectivity index (χ0n) is 31.5. The Kier molecular flexibility index (Phi) is 7.35. The molecule has 0 spiro atoms. The van der Waals surface area contributed by atoms with Crippen molar-refractivity contribution >= 4 is 70.5 Å². The molecule has 0 amide bonds. The molecule has 272 valence electrons. The summed E-state index contributed by atoms with van der Waals surface area (Å²) >= 11 is 1.87. The van der Waals surface area contributed by atoms with Gasteiger partial charge in [-0.15, -0.1) is 11.3 Å². The summed E-state index contributed by atoms with van der Waals surface area (Å²) in [5, 5.41) is 4.84. The number of furan rings is 1. The molecule has 0 fully saturated rings. The summed E-state index contributed by atoms with van der Waals surface area (Å²) in [5.41, 5.74) is 14.8. The first-order valence-electron chi connectivity index (χ1n) is 19.8. The van der Waals surface area contributed by atoms with Gasteiger partial charge in [0.25, 0.3) is 0 Å². The van der Waals surface area contributed by atoms with Gasteiger partial charge in [0.2, 0.25) is 0 Å². The predicted octanol–water partition coefficient (Wildman–Crippen LogP) is 15.5. The number of fused-ring (bicyclic) bond motifs is 9. The van der Waals surface area contributed by atoms with Crippen molar-refractivity contribution in [1.82, 2.24) is 0 Å². The predicted molar refractivity (Wildman–Crippen MR) is 244 cm³/mol. The summed E-state index contributed by atoms with van der Waals surface area (Å²) in [6.07, 6.45) is 0. The molecule has 2 aromatic heterocycles. The lowest BCUT2D eigenvalue weighted by molar-refractivity contribution is 0.669. The highest BCUT2D eigenvalue weighted by molar-refractivity contribution is 7.25. The Hall–Kier alpha value is -7.20. The highest BCUT2D eigenvalue weighted by Gasteiger charge is 2.46. The van der Waals surface area contributed by atoms with Gasteiger partial charge in [-0.2, -0.15) is 0 Å². The molecule has 1 aliphatic rings. The molecule has 12 rings (SSSR count). The maximum atomic E-state index is 6.32. The summed E-state index contributed by atoms with van der Waals surface area (Å²) in [6, 6.07) is 77.5. The van der Waals surface area contributed by atoms with E-state index in [1.54, 1.807) is 0 Å². The minimum absolute atomic E-state index is 0.427. The average Bonchev–Trinajstić information content (AvgIpc) is 3.95. The first-order valence-corrected chi connectivity index (χ1v) is 20.6. The van der Waals surface area contributed by atoms with Crippen LogP contribution >= 0.6 is 11.3 Å². The maximum Gasteiger partial charge on any atom is 0.137 e. The summed E-state index contributed by atoms with van der Waals surface area (Å²) in [7, 11) is 0. The molecular weight excluding hydrogens is 723 g/mol.